The van der Waals surface area contributed by atoms with Gasteiger partial charge in [0.1, 0.15) is 0 Å². The van der Waals surface area contributed by atoms with Crippen molar-refractivity contribution in [3.63, 3.8) is 0 Å². The Hall–Kier alpha value is -0.340. The Bertz CT molecular complexity index is 637. The molecule has 1 rings (SSSR count). The summed E-state index contributed by atoms with van der Waals surface area (Å²) in [5.74, 6) is -1.06. The lowest BCUT2D eigenvalue weighted by Crippen LogP contribution is -2.12. The van der Waals surface area contributed by atoms with Crippen LogP contribution in [0.3, 0.4) is 0 Å². The molecule has 0 aliphatic carbocycles. The molecule has 0 radical (unpaired) electrons. The molecule has 0 aliphatic rings. The van der Waals surface area contributed by atoms with Gasteiger partial charge in [0.05, 0.1) is 21.4 Å². The van der Waals surface area contributed by atoms with E-state index in [1.807, 2.05) is 0 Å². The van der Waals surface area contributed by atoms with Crippen LogP contribution < -0.4 is 0 Å². The fraction of sp³-hybridized carbons (Fsp3) is 0.333. The van der Waals surface area contributed by atoms with Gasteiger partial charge in [-0.25, -0.2) is 8.42 Å². The van der Waals surface area contributed by atoms with Gasteiger partial charge in [-0.1, -0.05) is 23.2 Å². The van der Waals surface area contributed by atoms with E-state index in [1.165, 1.54) is 18.2 Å². The Morgan fingerprint density at radius 2 is 1.67 bits per heavy atom. The van der Waals surface area contributed by atoms with Crippen LogP contribution in [-0.4, -0.2) is 32.9 Å². The van der Waals surface area contributed by atoms with Gasteiger partial charge in [0.2, 0.25) is 0 Å². The maximum Gasteiger partial charge on any atom is 0.264 e. The molecule has 0 unspecified atom stereocenters. The van der Waals surface area contributed by atoms with E-state index in [0.717, 1.165) is 0 Å². The van der Waals surface area contributed by atoms with Gasteiger partial charge in [-0.2, -0.15) is 8.42 Å². The molecule has 0 atom stereocenters. The highest BCUT2D eigenvalue weighted by molar-refractivity contribution is 7.91. The monoisotopic (exact) mass is 332 g/mol. The molecule has 0 saturated carbocycles. The molecular formula is C9H10Cl2O5S2. The minimum atomic E-state index is -4.17. The van der Waals surface area contributed by atoms with Crippen molar-refractivity contribution in [2.75, 3.05) is 11.5 Å². The number of sulfone groups is 1. The van der Waals surface area contributed by atoms with E-state index in [2.05, 4.69) is 0 Å². The third-order valence-electron chi connectivity index (χ3n) is 2.04. The molecule has 102 valence electrons. The van der Waals surface area contributed by atoms with Crippen LogP contribution in [0.1, 0.15) is 6.42 Å². The lowest BCUT2D eigenvalue weighted by molar-refractivity contribution is 0.482. The van der Waals surface area contributed by atoms with Crippen molar-refractivity contribution in [1.82, 2.24) is 0 Å². The van der Waals surface area contributed by atoms with Crippen LogP contribution in [0.5, 0.6) is 0 Å². The zero-order valence-electron chi connectivity index (χ0n) is 9.01. The summed E-state index contributed by atoms with van der Waals surface area (Å²) in [4.78, 5) is -0.146. The van der Waals surface area contributed by atoms with Crippen LogP contribution in [0.25, 0.3) is 0 Å². The lowest BCUT2D eigenvalue weighted by Gasteiger charge is -2.06. The molecule has 0 amide bonds. The van der Waals surface area contributed by atoms with Gasteiger partial charge in [-0.3, -0.25) is 4.55 Å². The van der Waals surface area contributed by atoms with E-state index in [0.29, 0.717) is 0 Å². The number of rotatable bonds is 5. The fourth-order valence-electron chi connectivity index (χ4n) is 1.26. The van der Waals surface area contributed by atoms with E-state index in [9.17, 15) is 16.8 Å². The first-order chi connectivity index (χ1) is 8.12. The highest BCUT2D eigenvalue weighted by Crippen LogP contribution is 2.26. The first-order valence-corrected chi connectivity index (χ1v) is 8.76. The smallest absolute Gasteiger partial charge is 0.264 e. The average Bonchev–Trinajstić information content (AvgIpc) is 2.19. The summed E-state index contributed by atoms with van der Waals surface area (Å²) in [6, 6.07) is 3.99. The van der Waals surface area contributed by atoms with Crippen LogP contribution in [0.4, 0.5) is 0 Å². The molecule has 1 N–H and O–H groups in total. The molecule has 0 aromatic heterocycles. The Morgan fingerprint density at radius 1 is 1.06 bits per heavy atom. The third-order valence-corrected chi connectivity index (χ3v) is 5.36. The van der Waals surface area contributed by atoms with Crippen LogP contribution in [-0.2, 0) is 20.0 Å². The van der Waals surface area contributed by atoms with Gasteiger partial charge >= 0.3 is 0 Å². The molecule has 0 spiro atoms. The Balaban J connectivity index is 2.90. The Morgan fingerprint density at radius 3 is 2.22 bits per heavy atom. The maximum absolute atomic E-state index is 11.9. The SMILES string of the molecule is O=S(=O)(O)CCCS(=O)(=O)c1cc(Cl)ccc1Cl. The largest absolute Gasteiger partial charge is 0.286 e. The highest BCUT2D eigenvalue weighted by Gasteiger charge is 2.19. The molecule has 1 aromatic rings. The van der Waals surface area contributed by atoms with Crippen LogP contribution in [0, 0.1) is 0 Å². The van der Waals surface area contributed by atoms with Gasteiger partial charge < -0.3 is 0 Å². The van der Waals surface area contributed by atoms with Crippen molar-refractivity contribution >= 4 is 43.2 Å². The van der Waals surface area contributed by atoms with Gasteiger partial charge in [-0.05, 0) is 24.6 Å². The van der Waals surface area contributed by atoms with Crippen molar-refractivity contribution in [1.29, 1.82) is 0 Å². The maximum atomic E-state index is 11.9. The number of benzene rings is 1. The van der Waals surface area contributed by atoms with Gasteiger partial charge in [0.15, 0.2) is 9.84 Å². The summed E-state index contributed by atoms with van der Waals surface area (Å²) in [6.45, 7) is 0. The second-order valence-corrected chi connectivity index (χ2v) is 8.03. The van der Waals surface area contributed by atoms with E-state index in [4.69, 9.17) is 27.8 Å². The standard InChI is InChI=1S/C9H10Cl2O5S2/c10-7-2-3-8(11)9(6-7)17(12,13)4-1-5-18(14,15)16/h2-3,6H,1,4-5H2,(H,14,15,16). The minimum absolute atomic E-state index is 0.0197. The zero-order valence-corrected chi connectivity index (χ0v) is 12.2. The molecule has 0 saturated heterocycles. The van der Waals surface area contributed by atoms with Crippen molar-refractivity contribution in [3.05, 3.63) is 28.2 Å². The fourth-order valence-corrected chi connectivity index (χ4v) is 4.07. The highest BCUT2D eigenvalue weighted by atomic mass is 35.5. The average molecular weight is 333 g/mol. The third kappa shape index (κ3) is 4.74. The van der Waals surface area contributed by atoms with Crippen molar-refractivity contribution in [2.24, 2.45) is 0 Å². The summed E-state index contributed by atoms with van der Waals surface area (Å²) < 4.78 is 53.2. The van der Waals surface area contributed by atoms with Crippen LogP contribution >= 0.6 is 23.2 Å². The summed E-state index contributed by atoms with van der Waals surface area (Å²) in [5.41, 5.74) is 0. The van der Waals surface area contributed by atoms with Gasteiger partial charge in [0, 0.05) is 5.02 Å². The Labute approximate surface area is 115 Å². The van der Waals surface area contributed by atoms with E-state index < -0.39 is 31.5 Å². The summed E-state index contributed by atoms with van der Waals surface area (Å²) in [7, 11) is -7.90. The lowest BCUT2D eigenvalue weighted by atomic mass is 10.4. The number of hydrogen-bond acceptors (Lipinski definition) is 4. The second-order valence-electron chi connectivity index (χ2n) is 3.53. The van der Waals surface area contributed by atoms with Crippen molar-refractivity contribution in [3.8, 4) is 0 Å². The van der Waals surface area contributed by atoms with Gasteiger partial charge in [0.25, 0.3) is 10.1 Å². The van der Waals surface area contributed by atoms with E-state index >= 15 is 0 Å². The predicted octanol–water partition coefficient (Wildman–Crippen LogP) is 2.04. The zero-order chi connectivity index (χ0) is 14.0. The van der Waals surface area contributed by atoms with Crippen LogP contribution in [0.15, 0.2) is 23.1 Å². The van der Waals surface area contributed by atoms with E-state index in [1.54, 1.807) is 0 Å². The number of hydrogen-bond donors (Lipinski definition) is 1. The normalized spacial score (nSPS) is 12.6. The van der Waals surface area contributed by atoms with Crippen molar-refractivity contribution in [2.45, 2.75) is 11.3 Å². The predicted molar refractivity (Wildman–Crippen MR) is 69.5 cm³/mol. The minimum Gasteiger partial charge on any atom is -0.286 e. The van der Waals surface area contributed by atoms with E-state index in [-0.39, 0.29) is 21.4 Å². The summed E-state index contributed by atoms with van der Waals surface area (Å²) in [5, 5.41) is 0.235. The molecular weight excluding hydrogens is 323 g/mol. The Kier molecular flexibility index (Phi) is 5.02. The molecule has 0 aliphatic heterocycles. The number of halogens is 2. The second kappa shape index (κ2) is 5.75. The summed E-state index contributed by atoms with van der Waals surface area (Å²) >= 11 is 11.4. The summed E-state index contributed by atoms with van der Waals surface area (Å²) in [6.07, 6.45) is -0.218. The quantitative estimate of drug-likeness (QED) is 0.833. The molecule has 9 heteroatoms. The first kappa shape index (κ1) is 15.7. The molecule has 0 fully saturated rings. The molecule has 0 bridgehead atoms. The van der Waals surface area contributed by atoms with Crippen molar-refractivity contribution < 1.29 is 21.4 Å². The first-order valence-electron chi connectivity index (χ1n) is 4.75. The molecule has 18 heavy (non-hydrogen) atoms. The molecule has 1 aromatic carbocycles. The molecule has 0 heterocycles. The van der Waals surface area contributed by atoms with Crippen LogP contribution in [0.2, 0.25) is 10.0 Å². The topological polar surface area (TPSA) is 88.5 Å². The van der Waals surface area contributed by atoms with Gasteiger partial charge in [-0.15, -0.1) is 0 Å². The molecule has 5 nitrogen and oxygen atoms in total.